The molecule has 222 valence electrons. The van der Waals surface area contributed by atoms with Gasteiger partial charge in [-0.15, -0.1) is 0 Å². The van der Waals surface area contributed by atoms with Crippen LogP contribution in [-0.4, -0.2) is 16.5 Å². The lowest BCUT2D eigenvalue weighted by molar-refractivity contribution is -0.119. The number of carbonyl (C=O) groups is 2. The van der Waals surface area contributed by atoms with Gasteiger partial charge in [-0.3, -0.25) is 9.59 Å². The zero-order valence-electron chi connectivity index (χ0n) is 25.2. The molecule has 3 aromatic carbocycles. The summed E-state index contributed by atoms with van der Waals surface area (Å²) in [5.74, 6) is -0.109. The Balaban J connectivity index is 1.45. The smallest absolute Gasteiger partial charge is 0.162 e. The van der Waals surface area contributed by atoms with Crippen LogP contribution in [0.5, 0.6) is 5.75 Å². The number of carbonyl (C=O) groups excluding carboxylic acids is 2. The Labute approximate surface area is 258 Å². The van der Waals surface area contributed by atoms with E-state index in [1.165, 1.54) is 12.1 Å². The number of rotatable bonds is 6. The van der Waals surface area contributed by atoms with E-state index >= 15 is 0 Å². The molecule has 0 bridgehead atoms. The highest BCUT2D eigenvalue weighted by Gasteiger charge is 2.49. The topological polar surface area (TPSA) is 46.6 Å². The van der Waals surface area contributed by atoms with Gasteiger partial charge in [0.05, 0.1) is 5.02 Å². The minimum Gasteiger partial charge on any atom is -0.487 e. The average Bonchev–Trinajstić information content (AvgIpc) is 2.93. The zero-order valence-corrected chi connectivity index (χ0v) is 25.9. The van der Waals surface area contributed by atoms with Gasteiger partial charge in [-0.25, -0.2) is 4.39 Å². The van der Waals surface area contributed by atoms with Crippen molar-refractivity contribution in [2.45, 2.75) is 72.4 Å². The molecule has 1 aliphatic heterocycles. The van der Waals surface area contributed by atoms with Gasteiger partial charge in [0.15, 0.2) is 11.6 Å². The minimum atomic E-state index is -0.479. The highest BCUT2D eigenvalue weighted by molar-refractivity contribution is 6.32. The first kappa shape index (κ1) is 29.4. The molecule has 0 unspecified atom stereocenters. The first-order chi connectivity index (χ1) is 20.4. The molecule has 0 fully saturated rings. The molecule has 0 atom stereocenters. The molecule has 2 aliphatic carbocycles. The van der Waals surface area contributed by atoms with Gasteiger partial charge >= 0.3 is 0 Å². The van der Waals surface area contributed by atoms with Crippen LogP contribution in [0, 0.1) is 16.6 Å². The zero-order chi connectivity index (χ0) is 30.5. The third-order valence-electron chi connectivity index (χ3n) is 8.80. The maximum absolute atomic E-state index is 14.1. The largest absolute Gasteiger partial charge is 0.487 e. The van der Waals surface area contributed by atoms with E-state index in [2.05, 4.69) is 44.7 Å². The molecule has 0 saturated carbocycles. The third kappa shape index (κ3) is 5.92. The summed E-state index contributed by atoms with van der Waals surface area (Å²) in [7, 11) is 0. The Morgan fingerprint density at radius 2 is 1.37 bits per heavy atom. The second kappa shape index (κ2) is 11.1. The number of allylic oxidation sites excluding steroid dienone is 4. The van der Waals surface area contributed by atoms with E-state index in [4.69, 9.17) is 16.3 Å². The molecule has 0 spiro atoms. The molecule has 6 rings (SSSR count). The SMILES string of the molecule is CC1(C)CC(=O)C2=C(C1)N(Cc1ccccc1)C1=C(C(=O)CC(C)(C)C1)C2c1ccc(OCc2ccc(F)cc2)c(Cl)c1. The molecule has 1 heterocycles. The van der Waals surface area contributed by atoms with E-state index in [0.717, 1.165) is 52.1 Å². The van der Waals surface area contributed by atoms with E-state index in [1.807, 2.05) is 36.4 Å². The molecular formula is C37H37ClFNO3. The first-order valence-electron chi connectivity index (χ1n) is 14.9. The summed E-state index contributed by atoms with van der Waals surface area (Å²) >= 11 is 6.79. The van der Waals surface area contributed by atoms with E-state index in [9.17, 15) is 14.0 Å². The predicted molar refractivity (Wildman–Crippen MR) is 167 cm³/mol. The van der Waals surface area contributed by atoms with Crippen LogP contribution in [0.4, 0.5) is 4.39 Å². The lowest BCUT2D eigenvalue weighted by atomic mass is 9.63. The van der Waals surface area contributed by atoms with E-state index in [1.54, 1.807) is 12.1 Å². The van der Waals surface area contributed by atoms with Crippen molar-refractivity contribution in [2.75, 3.05) is 0 Å². The molecule has 0 saturated heterocycles. The molecular weight excluding hydrogens is 561 g/mol. The maximum atomic E-state index is 14.1. The van der Waals surface area contributed by atoms with Gasteiger partial charge in [-0.2, -0.15) is 0 Å². The van der Waals surface area contributed by atoms with Gasteiger partial charge in [0.1, 0.15) is 18.2 Å². The first-order valence-corrected chi connectivity index (χ1v) is 15.3. The highest BCUT2D eigenvalue weighted by atomic mass is 35.5. The van der Waals surface area contributed by atoms with Crippen LogP contribution in [0.1, 0.15) is 76.0 Å². The Hall–Kier alpha value is -3.70. The summed E-state index contributed by atoms with van der Waals surface area (Å²) in [6.45, 7) is 9.43. The van der Waals surface area contributed by atoms with Crippen LogP contribution in [0.15, 0.2) is 95.3 Å². The number of ketones is 2. The van der Waals surface area contributed by atoms with Crippen molar-refractivity contribution >= 4 is 23.2 Å². The van der Waals surface area contributed by atoms with Crippen molar-refractivity contribution in [3.63, 3.8) is 0 Å². The summed E-state index contributed by atoms with van der Waals surface area (Å²) in [5, 5.41) is 0.405. The van der Waals surface area contributed by atoms with Crippen LogP contribution >= 0.6 is 11.6 Å². The van der Waals surface area contributed by atoms with Crippen LogP contribution in [-0.2, 0) is 22.7 Å². The number of hydrogen-bond acceptors (Lipinski definition) is 4. The van der Waals surface area contributed by atoms with Crippen molar-refractivity contribution in [1.82, 2.24) is 4.90 Å². The van der Waals surface area contributed by atoms with Gasteiger partial charge in [0.25, 0.3) is 0 Å². The molecule has 0 amide bonds. The molecule has 0 N–H and O–H groups in total. The molecule has 0 aromatic heterocycles. The normalized spacial score (nSPS) is 19.8. The molecule has 43 heavy (non-hydrogen) atoms. The minimum absolute atomic E-state index is 0.0891. The maximum Gasteiger partial charge on any atom is 0.162 e. The van der Waals surface area contributed by atoms with Crippen molar-refractivity contribution in [3.8, 4) is 5.75 Å². The van der Waals surface area contributed by atoms with Crippen molar-refractivity contribution in [2.24, 2.45) is 10.8 Å². The van der Waals surface area contributed by atoms with Gasteiger partial charge in [0, 0.05) is 47.8 Å². The fourth-order valence-electron chi connectivity index (χ4n) is 6.89. The summed E-state index contributed by atoms with van der Waals surface area (Å²) in [6.07, 6.45) is 2.34. The highest BCUT2D eigenvalue weighted by Crippen LogP contribution is 2.55. The Morgan fingerprint density at radius 3 is 1.93 bits per heavy atom. The lowest BCUT2D eigenvalue weighted by Crippen LogP contribution is -2.44. The number of ether oxygens (including phenoxy) is 1. The number of nitrogens with zero attached hydrogens (tertiary/aromatic N) is 1. The number of hydrogen-bond donors (Lipinski definition) is 0. The number of halogens is 2. The van der Waals surface area contributed by atoms with Crippen LogP contribution in [0.3, 0.4) is 0 Å². The van der Waals surface area contributed by atoms with Gasteiger partial charge in [0.2, 0.25) is 0 Å². The summed E-state index contributed by atoms with van der Waals surface area (Å²) in [5.41, 5.74) is 5.86. The van der Waals surface area contributed by atoms with E-state index < -0.39 is 5.92 Å². The van der Waals surface area contributed by atoms with Crippen molar-refractivity contribution in [1.29, 1.82) is 0 Å². The second-order valence-corrected chi connectivity index (χ2v) is 14.1. The summed E-state index contributed by atoms with van der Waals surface area (Å²) < 4.78 is 19.3. The fraction of sp³-hybridized carbons (Fsp3) is 0.351. The van der Waals surface area contributed by atoms with Crippen molar-refractivity contribution < 1.29 is 18.7 Å². The third-order valence-corrected chi connectivity index (χ3v) is 9.10. The molecule has 3 aromatic rings. The quantitative estimate of drug-likeness (QED) is 0.284. The Morgan fingerprint density at radius 1 is 0.791 bits per heavy atom. The van der Waals surface area contributed by atoms with Gasteiger partial charge in [-0.05, 0) is 64.6 Å². The predicted octanol–water partition coefficient (Wildman–Crippen LogP) is 8.94. The molecule has 3 aliphatic rings. The van der Waals surface area contributed by atoms with Crippen molar-refractivity contribution in [3.05, 3.63) is 123 Å². The van der Waals surface area contributed by atoms with E-state index in [-0.39, 0.29) is 34.8 Å². The van der Waals surface area contributed by atoms with Gasteiger partial charge < -0.3 is 9.64 Å². The van der Waals surface area contributed by atoms with Crippen LogP contribution in [0.25, 0.3) is 0 Å². The van der Waals surface area contributed by atoms with E-state index in [0.29, 0.717) is 30.2 Å². The number of Topliss-reactive ketones (excluding diaryl/α,β-unsaturated/α-hetero) is 2. The Kier molecular flexibility index (Phi) is 7.58. The fourth-order valence-corrected chi connectivity index (χ4v) is 7.14. The average molecular weight is 598 g/mol. The monoisotopic (exact) mass is 597 g/mol. The second-order valence-electron chi connectivity index (χ2n) is 13.7. The standard InChI is InChI=1S/C37H37ClFNO3/c1-36(2)17-28-34(30(41)19-36)33(25-12-15-32(27(38)16-25)43-22-24-10-13-26(39)14-11-24)35-29(18-37(3,4)20-31(35)42)40(28)21-23-8-6-5-7-9-23/h5-16,33H,17-22H2,1-4H3. The van der Waals surface area contributed by atoms with Crippen LogP contribution < -0.4 is 4.74 Å². The lowest BCUT2D eigenvalue weighted by Gasteiger charge is -2.49. The molecule has 0 radical (unpaired) electrons. The Bertz CT molecular complexity index is 1600. The van der Waals surface area contributed by atoms with Crippen LogP contribution in [0.2, 0.25) is 5.02 Å². The summed E-state index contributed by atoms with van der Waals surface area (Å²) in [4.78, 5) is 30.4. The summed E-state index contributed by atoms with van der Waals surface area (Å²) in [6, 6.07) is 22.0. The molecule has 4 nitrogen and oxygen atoms in total. The number of benzene rings is 3. The van der Waals surface area contributed by atoms with Gasteiger partial charge in [-0.1, -0.05) is 87.8 Å². The molecule has 6 heteroatoms.